The van der Waals surface area contributed by atoms with E-state index in [1.54, 1.807) is 13.0 Å². The van der Waals surface area contributed by atoms with Crippen LogP contribution in [-0.2, 0) is 28.5 Å². The predicted octanol–water partition coefficient (Wildman–Crippen LogP) is 1.83. The first-order valence-electron chi connectivity index (χ1n) is 9.22. The van der Waals surface area contributed by atoms with Crippen molar-refractivity contribution in [3.8, 4) is 5.75 Å². The first-order chi connectivity index (χ1) is 13.6. The van der Waals surface area contributed by atoms with Gasteiger partial charge in [0.15, 0.2) is 0 Å². The number of ether oxygens (including phenoxy) is 6. The van der Waals surface area contributed by atoms with E-state index in [9.17, 15) is 4.79 Å². The first kappa shape index (κ1) is 23.9. The standard InChI is InChI=1S/C20H31NO7/c1-17(2)20(22)28-16-14-26-12-10-24-8-7-23-9-11-25-13-15-27-19-6-4-3-5-18(19)21/h3-6H,1,7-16,21H2,2H3. The van der Waals surface area contributed by atoms with Crippen LogP contribution in [0.2, 0.25) is 0 Å². The Kier molecular flexibility index (Phi) is 13.6. The quantitative estimate of drug-likeness (QED) is 0.184. The normalized spacial score (nSPS) is 10.6. The van der Waals surface area contributed by atoms with Crippen LogP contribution in [0.1, 0.15) is 6.92 Å². The van der Waals surface area contributed by atoms with Gasteiger partial charge in [-0.15, -0.1) is 0 Å². The number of nitrogens with two attached hydrogens (primary N) is 1. The summed E-state index contributed by atoms with van der Waals surface area (Å²) < 4.78 is 31.8. The van der Waals surface area contributed by atoms with Gasteiger partial charge in [0.05, 0.1) is 58.5 Å². The summed E-state index contributed by atoms with van der Waals surface area (Å²) in [6, 6.07) is 7.34. The van der Waals surface area contributed by atoms with Gasteiger partial charge in [0.1, 0.15) is 19.0 Å². The van der Waals surface area contributed by atoms with Gasteiger partial charge >= 0.3 is 5.97 Å². The molecule has 0 fully saturated rings. The van der Waals surface area contributed by atoms with E-state index in [2.05, 4.69) is 6.58 Å². The molecule has 0 amide bonds. The van der Waals surface area contributed by atoms with Crippen LogP contribution < -0.4 is 10.5 Å². The van der Waals surface area contributed by atoms with Gasteiger partial charge in [0, 0.05) is 5.57 Å². The molecule has 0 radical (unpaired) electrons. The fraction of sp³-hybridized carbons (Fsp3) is 0.550. The van der Waals surface area contributed by atoms with E-state index in [0.29, 0.717) is 76.5 Å². The summed E-state index contributed by atoms with van der Waals surface area (Å²) in [5, 5.41) is 0. The van der Waals surface area contributed by atoms with Gasteiger partial charge in [0.25, 0.3) is 0 Å². The zero-order valence-electron chi connectivity index (χ0n) is 16.5. The molecule has 0 aliphatic heterocycles. The molecule has 158 valence electrons. The molecule has 0 saturated heterocycles. The van der Waals surface area contributed by atoms with Crippen molar-refractivity contribution in [2.75, 3.05) is 71.8 Å². The third-order valence-electron chi connectivity index (χ3n) is 3.33. The van der Waals surface area contributed by atoms with Crippen molar-refractivity contribution < 1.29 is 33.2 Å². The molecule has 0 atom stereocenters. The highest BCUT2D eigenvalue weighted by Crippen LogP contribution is 2.19. The number of nitrogen functional groups attached to an aromatic ring is 1. The Morgan fingerprint density at radius 3 is 1.79 bits per heavy atom. The maximum absolute atomic E-state index is 11.1. The molecule has 28 heavy (non-hydrogen) atoms. The molecule has 0 aromatic heterocycles. The molecular formula is C20H31NO7. The van der Waals surface area contributed by atoms with Crippen LogP contribution >= 0.6 is 0 Å². The number of para-hydroxylation sites is 2. The lowest BCUT2D eigenvalue weighted by Gasteiger charge is -2.09. The molecule has 2 N–H and O–H groups in total. The maximum atomic E-state index is 11.1. The molecule has 8 nitrogen and oxygen atoms in total. The number of benzene rings is 1. The van der Waals surface area contributed by atoms with Gasteiger partial charge in [-0.25, -0.2) is 4.79 Å². The molecule has 0 unspecified atom stereocenters. The van der Waals surface area contributed by atoms with Gasteiger partial charge < -0.3 is 34.2 Å². The Bertz CT molecular complexity index is 565. The van der Waals surface area contributed by atoms with Crippen molar-refractivity contribution in [2.45, 2.75) is 6.92 Å². The lowest BCUT2D eigenvalue weighted by Crippen LogP contribution is -2.15. The summed E-state index contributed by atoms with van der Waals surface area (Å²) in [7, 11) is 0. The third-order valence-corrected chi connectivity index (χ3v) is 3.33. The van der Waals surface area contributed by atoms with Crippen LogP contribution in [0.15, 0.2) is 36.4 Å². The van der Waals surface area contributed by atoms with E-state index < -0.39 is 5.97 Å². The van der Waals surface area contributed by atoms with Crippen LogP contribution in [-0.4, -0.2) is 72.0 Å². The summed E-state index contributed by atoms with van der Waals surface area (Å²) in [5.74, 6) is 0.255. The number of carbonyl (C=O) groups is 1. The van der Waals surface area contributed by atoms with E-state index in [1.807, 2.05) is 18.2 Å². The average molecular weight is 397 g/mol. The van der Waals surface area contributed by atoms with E-state index in [-0.39, 0.29) is 6.61 Å². The van der Waals surface area contributed by atoms with Crippen molar-refractivity contribution in [1.82, 2.24) is 0 Å². The number of anilines is 1. The zero-order chi connectivity index (χ0) is 20.5. The fourth-order valence-corrected chi connectivity index (χ4v) is 1.90. The van der Waals surface area contributed by atoms with Gasteiger partial charge in [0.2, 0.25) is 0 Å². The van der Waals surface area contributed by atoms with Crippen LogP contribution in [0.25, 0.3) is 0 Å². The molecular weight excluding hydrogens is 366 g/mol. The highest BCUT2D eigenvalue weighted by atomic mass is 16.6. The first-order valence-corrected chi connectivity index (χ1v) is 9.22. The van der Waals surface area contributed by atoms with Crippen molar-refractivity contribution in [2.24, 2.45) is 0 Å². The van der Waals surface area contributed by atoms with Crippen LogP contribution in [0, 0.1) is 0 Å². The second-order valence-electron chi connectivity index (χ2n) is 5.75. The lowest BCUT2D eigenvalue weighted by atomic mass is 10.3. The monoisotopic (exact) mass is 397 g/mol. The number of hydrogen-bond donors (Lipinski definition) is 1. The Balaban J connectivity index is 1.77. The number of hydrogen-bond acceptors (Lipinski definition) is 8. The van der Waals surface area contributed by atoms with E-state index in [0.717, 1.165) is 0 Å². The minimum absolute atomic E-state index is 0.207. The highest BCUT2D eigenvalue weighted by Gasteiger charge is 2.02. The summed E-state index contributed by atoms with van der Waals surface area (Å²) in [5.41, 5.74) is 6.76. The minimum Gasteiger partial charge on any atom is -0.489 e. The molecule has 8 heteroatoms. The maximum Gasteiger partial charge on any atom is 0.333 e. The molecule has 0 aliphatic rings. The fourth-order valence-electron chi connectivity index (χ4n) is 1.90. The van der Waals surface area contributed by atoms with Crippen molar-refractivity contribution in [1.29, 1.82) is 0 Å². The van der Waals surface area contributed by atoms with Crippen LogP contribution in [0.3, 0.4) is 0 Å². The van der Waals surface area contributed by atoms with Gasteiger partial charge in [-0.3, -0.25) is 0 Å². The Morgan fingerprint density at radius 1 is 0.821 bits per heavy atom. The third kappa shape index (κ3) is 12.3. The largest absolute Gasteiger partial charge is 0.489 e. The molecule has 0 aliphatic carbocycles. The summed E-state index contributed by atoms with van der Waals surface area (Å²) >= 11 is 0. The van der Waals surface area contributed by atoms with E-state index >= 15 is 0 Å². The topological polar surface area (TPSA) is 98.5 Å². The average Bonchev–Trinajstić information content (AvgIpc) is 2.68. The predicted molar refractivity (Wildman–Crippen MR) is 105 cm³/mol. The Labute approximate surface area is 166 Å². The van der Waals surface area contributed by atoms with Crippen molar-refractivity contribution in [3.05, 3.63) is 36.4 Å². The summed E-state index contributed by atoms with van der Waals surface area (Å²) in [4.78, 5) is 11.1. The number of rotatable bonds is 17. The summed E-state index contributed by atoms with van der Waals surface area (Å²) in [6.45, 7) is 9.34. The molecule has 1 aromatic rings. The summed E-state index contributed by atoms with van der Waals surface area (Å²) in [6.07, 6.45) is 0. The zero-order valence-corrected chi connectivity index (χ0v) is 16.5. The SMILES string of the molecule is C=C(C)C(=O)OCCOCCOCCOCCOCCOc1ccccc1N. The molecule has 0 heterocycles. The number of esters is 1. The lowest BCUT2D eigenvalue weighted by molar-refractivity contribution is -0.140. The van der Waals surface area contributed by atoms with Crippen LogP contribution in [0.5, 0.6) is 5.75 Å². The van der Waals surface area contributed by atoms with Gasteiger partial charge in [-0.1, -0.05) is 18.7 Å². The highest BCUT2D eigenvalue weighted by molar-refractivity contribution is 5.86. The minimum atomic E-state index is -0.408. The van der Waals surface area contributed by atoms with Gasteiger partial charge in [-0.2, -0.15) is 0 Å². The van der Waals surface area contributed by atoms with Crippen LogP contribution in [0.4, 0.5) is 5.69 Å². The van der Waals surface area contributed by atoms with Gasteiger partial charge in [-0.05, 0) is 19.1 Å². The molecule has 1 aromatic carbocycles. The van der Waals surface area contributed by atoms with Crippen molar-refractivity contribution in [3.63, 3.8) is 0 Å². The Morgan fingerprint density at radius 2 is 1.29 bits per heavy atom. The Hall–Kier alpha value is -2.13. The van der Waals surface area contributed by atoms with Crippen molar-refractivity contribution >= 4 is 11.7 Å². The molecule has 0 spiro atoms. The number of carbonyl (C=O) groups excluding carboxylic acids is 1. The molecule has 0 bridgehead atoms. The second-order valence-corrected chi connectivity index (χ2v) is 5.75. The van der Waals surface area contributed by atoms with E-state index in [4.69, 9.17) is 34.2 Å². The molecule has 1 rings (SSSR count). The second kappa shape index (κ2) is 15.9. The smallest absolute Gasteiger partial charge is 0.333 e. The van der Waals surface area contributed by atoms with E-state index in [1.165, 1.54) is 0 Å². The molecule has 0 saturated carbocycles.